The van der Waals surface area contributed by atoms with Crippen molar-refractivity contribution < 1.29 is 4.92 Å². The van der Waals surface area contributed by atoms with Gasteiger partial charge in [-0.15, -0.1) is 0 Å². The largest absolute Gasteiger partial charge is 0.344 e. The molecule has 0 unspecified atom stereocenters. The molecular weight excluding hydrogens is 226 g/mol. The summed E-state index contributed by atoms with van der Waals surface area (Å²) in [6.45, 7) is 0. The Kier molecular flexibility index (Phi) is 3.02. The van der Waals surface area contributed by atoms with Crippen LogP contribution < -0.4 is 0 Å². The molecule has 5 nitrogen and oxygen atoms in total. The van der Waals surface area contributed by atoms with Gasteiger partial charge < -0.3 is 0 Å². The van der Waals surface area contributed by atoms with Gasteiger partial charge in [0.05, 0.1) is 4.92 Å². The van der Waals surface area contributed by atoms with Gasteiger partial charge in [-0.05, 0) is 35.1 Å². The number of hydrogen-bond donors (Lipinski definition) is 0. The SMILES string of the molecule is O=[N+]([O-])c1cnc(/C=C/c2ccncc2)s1. The van der Waals surface area contributed by atoms with Crippen molar-refractivity contribution in [3.05, 3.63) is 51.4 Å². The number of nitrogens with zero attached hydrogens (tertiary/aromatic N) is 3. The van der Waals surface area contributed by atoms with Crippen molar-refractivity contribution in [3.8, 4) is 0 Å². The average molecular weight is 233 g/mol. The molecule has 2 aromatic rings. The van der Waals surface area contributed by atoms with E-state index < -0.39 is 4.92 Å². The molecule has 0 aromatic carbocycles. The van der Waals surface area contributed by atoms with Gasteiger partial charge in [-0.2, -0.15) is 0 Å². The second-order valence-electron chi connectivity index (χ2n) is 2.91. The van der Waals surface area contributed by atoms with Gasteiger partial charge in [0.25, 0.3) is 0 Å². The fourth-order valence-electron chi connectivity index (χ4n) is 1.08. The first kappa shape index (κ1) is 10.4. The van der Waals surface area contributed by atoms with Crippen LogP contribution in [-0.2, 0) is 0 Å². The Hall–Kier alpha value is -2.08. The maximum atomic E-state index is 10.4. The quantitative estimate of drug-likeness (QED) is 0.603. The summed E-state index contributed by atoms with van der Waals surface area (Å²) >= 11 is 1.05. The molecular formula is C10H7N3O2S. The zero-order chi connectivity index (χ0) is 11.4. The van der Waals surface area contributed by atoms with Crippen LogP contribution in [0.4, 0.5) is 5.00 Å². The monoisotopic (exact) mass is 233 g/mol. The summed E-state index contributed by atoms with van der Waals surface area (Å²) in [4.78, 5) is 17.8. The topological polar surface area (TPSA) is 68.9 Å². The number of hydrogen-bond acceptors (Lipinski definition) is 5. The van der Waals surface area contributed by atoms with Crippen LogP contribution in [0.3, 0.4) is 0 Å². The van der Waals surface area contributed by atoms with E-state index in [4.69, 9.17) is 0 Å². The van der Waals surface area contributed by atoms with Gasteiger partial charge in [-0.1, -0.05) is 6.08 Å². The molecule has 0 aliphatic rings. The summed E-state index contributed by atoms with van der Waals surface area (Å²) in [5.74, 6) is 0. The van der Waals surface area contributed by atoms with Crippen molar-refractivity contribution in [2.24, 2.45) is 0 Å². The molecule has 0 atom stereocenters. The molecule has 2 aromatic heterocycles. The molecule has 0 aliphatic carbocycles. The standard InChI is InChI=1S/C10H7N3O2S/c14-13(15)10-7-12-9(16-10)2-1-8-3-5-11-6-4-8/h1-7H/b2-1+. The minimum atomic E-state index is -0.443. The third kappa shape index (κ3) is 2.48. The van der Waals surface area contributed by atoms with Crippen LogP contribution in [0, 0.1) is 10.1 Å². The van der Waals surface area contributed by atoms with Gasteiger partial charge in [0, 0.05) is 12.4 Å². The molecule has 0 amide bonds. The molecule has 0 radical (unpaired) electrons. The summed E-state index contributed by atoms with van der Waals surface area (Å²) in [7, 11) is 0. The average Bonchev–Trinajstić information content (AvgIpc) is 2.76. The highest BCUT2D eigenvalue weighted by atomic mass is 32.1. The van der Waals surface area contributed by atoms with E-state index in [2.05, 4.69) is 9.97 Å². The van der Waals surface area contributed by atoms with Crippen LogP contribution in [0.5, 0.6) is 0 Å². The van der Waals surface area contributed by atoms with E-state index in [0.717, 1.165) is 16.9 Å². The van der Waals surface area contributed by atoms with Crippen LogP contribution in [0.1, 0.15) is 10.6 Å². The van der Waals surface area contributed by atoms with E-state index in [9.17, 15) is 10.1 Å². The van der Waals surface area contributed by atoms with E-state index in [0.29, 0.717) is 5.01 Å². The lowest BCUT2D eigenvalue weighted by Gasteiger charge is -1.88. The van der Waals surface area contributed by atoms with Crippen LogP contribution in [-0.4, -0.2) is 14.9 Å². The van der Waals surface area contributed by atoms with Crippen molar-refractivity contribution in [1.29, 1.82) is 0 Å². The van der Waals surface area contributed by atoms with Crippen LogP contribution in [0.25, 0.3) is 12.2 Å². The van der Waals surface area contributed by atoms with E-state index in [1.165, 1.54) is 6.20 Å². The number of nitro groups is 1. The summed E-state index contributed by atoms with van der Waals surface area (Å²) < 4.78 is 0. The number of rotatable bonds is 3. The maximum Gasteiger partial charge on any atom is 0.344 e. The molecule has 6 heteroatoms. The first-order valence-electron chi connectivity index (χ1n) is 4.44. The fourth-order valence-corrected chi connectivity index (χ4v) is 1.72. The fraction of sp³-hybridized carbons (Fsp3) is 0. The van der Waals surface area contributed by atoms with Crippen molar-refractivity contribution in [2.45, 2.75) is 0 Å². The van der Waals surface area contributed by atoms with Crippen LogP contribution in [0.2, 0.25) is 0 Å². The molecule has 0 fully saturated rings. The second kappa shape index (κ2) is 4.63. The second-order valence-corrected chi connectivity index (χ2v) is 3.95. The Morgan fingerprint density at radius 3 is 2.69 bits per heavy atom. The lowest BCUT2D eigenvalue weighted by molar-refractivity contribution is -0.380. The molecule has 0 spiro atoms. The summed E-state index contributed by atoms with van der Waals surface area (Å²) in [6, 6.07) is 3.69. The predicted molar refractivity (Wildman–Crippen MR) is 61.9 cm³/mol. The molecule has 0 bridgehead atoms. The molecule has 0 saturated heterocycles. The smallest absolute Gasteiger partial charge is 0.265 e. The maximum absolute atomic E-state index is 10.4. The third-order valence-corrected chi connectivity index (χ3v) is 2.73. The highest BCUT2D eigenvalue weighted by Gasteiger charge is 2.08. The normalized spacial score (nSPS) is 10.8. The number of pyridine rings is 1. The minimum absolute atomic E-state index is 0.0504. The van der Waals surface area contributed by atoms with Gasteiger partial charge in [0.1, 0.15) is 11.2 Å². The highest BCUT2D eigenvalue weighted by molar-refractivity contribution is 7.15. The lowest BCUT2D eigenvalue weighted by Crippen LogP contribution is -1.80. The van der Waals surface area contributed by atoms with Crippen LogP contribution >= 0.6 is 11.3 Å². The molecule has 0 N–H and O–H groups in total. The Bertz CT molecular complexity index is 522. The van der Waals surface area contributed by atoms with E-state index in [1.807, 2.05) is 18.2 Å². The van der Waals surface area contributed by atoms with Crippen molar-refractivity contribution in [2.75, 3.05) is 0 Å². The van der Waals surface area contributed by atoms with E-state index in [1.54, 1.807) is 18.5 Å². The number of aromatic nitrogens is 2. The van der Waals surface area contributed by atoms with Crippen LogP contribution in [0.15, 0.2) is 30.7 Å². The minimum Gasteiger partial charge on any atom is -0.265 e. The first-order chi connectivity index (χ1) is 7.75. The first-order valence-corrected chi connectivity index (χ1v) is 5.26. The Labute approximate surface area is 95.3 Å². The summed E-state index contributed by atoms with van der Waals surface area (Å²) in [5, 5.41) is 11.1. The van der Waals surface area contributed by atoms with E-state index in [-0.39, 0.29) is 5.00 Å². The molecule has 80 valence electrons. The van der Waals surface area contributed by atoms with Gasteiger partial charge in [0.15, 0.2) is 0 Å². The van der Waals surface area contributed by atoms with Crippen molar-refractivity contribution in [3.63, 3.8) is 0 Å². The van der Waals surface area contributed by atoms with Gasteiger partial charge in [-0.25, -0.2) is 4.98 Å². The summed E-state index contributed by atoms with van der Waals surface area (Å²) in [5.41, 5.74) is 0.979. The Morgan fingerprint density at radius 2 is 2.06 bits per heavy atom. The molecule has 2 rings (SSSR count). The molecule has 0 aliphatic heterocycles. The zero-order valence-corrected chi connectivity index (χ0v) is 8.92. The van der Waals surface area contributed by atoms with E-state index >= 15 is 0 Å². The third-order valence-electron chi connectivity index (χ3n) is 1.82. The number of thiazole rings is 1. The van der Waals surface area contributed by atoms with Gasteiger partial charge in [-0.3, -0.25) is 15.1 Å². The Balaban J connectivity index is 2.15. The van der Waals surface area contributed by atoms with Crippen molar-refractivity contribution in [1.82, 2.24) is 9.97 Å². The molecule has 2 heterocycles. The van der Waals surface area contributed by atoms with Crippen molar-refractivity contribution >= 4 is 28.5 Å². The molecule has 0 saturated carbocycles. The van der Waals surface area contributed by atoms with Gasteiger partial charge in [0.2, 0.25) is 0 Å². The van der Waals surface area contributed by atoms with Gasteiger partial charge >= 0.3 is 5.00 Å². The lowest BCUT2D eigenvalue weighted by atomic mass is 10.2. The molecule has 16 heavy (non-hydrogen) atoms. The predicted octanol–water partition coefficient (Wildman–Crippen LogP) is 2.62. The zero-order valence-electron chi connectivity index (χ0n) is 8.11. The highest BCUT2D eigenvalue weighted by Crippen LogP contribution is 2.22. The summed E-state index contributed by atoms with van der Waals surface area (Å²) in [6.07, 6.45) is 8.21. The Morgan fingerprint density at radius 1 is 1.31 bits per heavy atom.